The van der Waals surface area contributed by atoms with Crippen LogP contribution in [0.4, 0.5) is 0 Å². The van der Waals surface area contributed by atoms with Gasteiger partial charge in [0.15, 0.2) is 0 Å². The fourth-order valence-corrected chi connectivity index (χ4v) is 2.92. The summed E-state index contributed by atoms with van der Waals surface area (Å²) in [5, 5.41) is 3.65. The third-order valence-electron chi connectivity index (χ3n) is 3.75. The summed E-state index contributed by atoms with van der Waals surface area (Å²) in [6, 6.07) is 21.9. The van der Waals surface area contributed by atoms with Gasteiger partial charge in [-0.2, -0.15) is 0 Å². The Morgan fingerprint density at radius 2 is 1.43 bits per heavy atom. The third-order valence-corrected chi connectivity index (χ3v) is 3.75. The summed E-state index contributed by atoms with van der Waals surface area (Å²) in [7, 11) is 0. The maximum absolute atomic E-state index is 4.11. The Balaban J connectivity index is 2.41. The molecule has 1 atom stereocenters. The SMILES string of the molecule is C=C(C)CC(NCC)C(c1ccccc1)c1ccccc1. The fourth-order valence-electron chi connectivity index (χ4n) is 2.92. The van der Waals surface area contributed by atoms with Crippen LogP contribution < -0.4 is 5.32 Å². The molecule has 0 amide bonds. The van der Waals surface area contributed by atoms with Gasteiger partial charge in [0, 0.05) is 12.0 Å². The lowest BCUT2D eigenvalue weighted by atomic mass is 9.82. The van der Waals surface area contributed by atoms with E-state index in [0.29, 0.717) is 12.0 Å². The Bertz CT molecular complexity index is 505. The van der Waals surface area contributed by atoms with E-state index < -0.39 is 0 Å². The Kier molecular flexibility index (Phi) is 5.77. The molecular formula is C20H25N. The van der Waals surface area contributed by atoms with Crippen molar-refractivity contribution in [3.05, 3.63) is 83.9 Å². The molecule has 0 aliphatic carbocycles. The van der Waals surface area contributed by atoms with Crippen LogP contribution in [0.3, 0.4) is 0 Å². The third kappa shape index (κ3) is 4.30. The van der Waals surface area contributed by atoms with Gasteiger partial charge in [-0.15, -0.1) is 6.58 Å². The van der Waals surface area contributed by atoms with Gasteiger partial charge in [-0.25, -0.2) is 0 Å². The molecule has 2 aromatic carbocycles. The van der Waals surface area contributed by atoms with Crippen LogP contribution in [-0.2, 0) is 0 Å². The molecule has 0 saturated heterocycles. The topological polar surface area (TPSA) is 12.0 Å². The fraction of sp³-hybridized carbons (Fsp3) is 0.300. The molecule has 1 heteroatoms. The first-order valence-electron chi connectivity index (χ1n) is 7.70. The second kappa shape index (κ2) is 7.80. The lowest BCUT2D eigenvalue weighted by molar-refractivity contribution is 0.474. The molecule has 2 aromatic rings. The molecule has 1 unspecified atom stereocenters. The van der Waals surface area contributed by atoms with E-state index in [4.69, 9.17) is 0 Å². The molecule has 0 aliphatic rings. The van der Waals surface area contributed by atoms with Gasteiger partial charge in [0.2, 0.25) is 0 Å². The van der Waals surface area contributed by atoms with Crippen molar-refractivity contribution < 1.29 is 0 Å². The van der Waals surface area contributed by atoms with Gasteiger partial charge in [0.05, 0.1) is 0 Å². The highest BCUT2D eigenvalue weighted by Gasteiger charge is 2.24. The van der Waals surface area contributed by atoms with Crippen LogP contribution in [0.2, 0.25) is 0 Å². The highest BCUT2D eigenvalue weighted by molar-refractivity contribution is 5.34. The van der Waals surface area contributed by atoms with Gasteiger partial charge in [-0.05, 0) is 31.0 Å². The summed E-state index contributed by atoms with van der Waals surface area (Å²) in [5.41, 5.74) is 3.93. The van der Waals surface area contributed by atoms with E-state index in [1.165, 1.54) is 16.7 Å². The Morgan fingerprint density at radius 1 is 0.952 bits per heavy atom. The van der Waals surface area contributed by atoms with Gasteiger partial charge < -0.3 is 5.32 Å². The number of benzene rings is 2. The van der Waals surface area contributed by atoms with Crippen molar-refractivity contribution in [3.8, 4) is 0 Å². The van der Waals surface area contributed by atoms with Crippen molar-refractivity contribution in [1.82, 2.24) is 5.32 Å². The van der Waals surface area contributed by atoms with Crippen LogP contribution in [0.5, 0.6) is 0 Å². The van der Waals surface area contributed by atoms with E-state index in [1.807, 2.05) is 0 Å². The lowest BCUT2D eigenvalue weighted by Gasteiger charge is -2.29. The lowest BCUT2D eigenvalue weighted by Crippen LogP contribution is -2.35. The molecule has 0 aromatic heterocycles. The quantitative estimate of drug-likeness (QED) is 0.720. The number of hydrogen-bond acceptors (Lipinski definition) is 1. The molecule has 1 N–H and O–H groups in total. The molecular weight excluding hydrogens is 254 g/mol. The number of rotatable bonds is 7. The summed E-state index contributed by atoms with van der Waals surface area (Å²) in [5.74, 6) is 0.351. The standard InChI is InChI=1S/C20H25N/c1-4-21-19(15-16(2)3)20(17-11-7-5-8-12-17)18-13-9-6-10-14-18/h5-14,19-21H,2,4,15H2,1,3H3. The van der Waals surface area contributed by atoms with Gasteiger partial charge in [-0.3, -0.25) is 0 Å². The van der Waals surface area contributed by atoms with Gasteiger partial charge in [0.25, 0.3) is 0 Å². The molecule has 0 fully saturated rings. The molecule has 0 saturated carbocycles. The van der Waals surface area contributed by atoms with E-state index in [-0.39, 0.29) is 0 Å². The minimum Gasteiger partial charge on any atom is -0.313 e. The summed E-state index contributed by atoms with van der Waals surface area (Å²) in [6.45, 7) is 9.35. The summed E-state index contributed by atoms with van der Waals surface area (Å²) in [6.07, 6.45) is 0.988. The molecule has 0 spiro atoms. The second-order valence-electron chi connectivity index (χ2n) is 5.62. The molecule has 1 nitrogen and oxygen atoms in total. The molecule has 0 radical (unpaired) electrons. The van der Waals surface area contributed by atoms with Gasteiger partial charge in [0.1, 0.15) is 0 Å². The van der Waals surface area contributed by atoms with Crippen LogP contribution in [0.25, 0.3) is 0 Å². The normalized spacial score (nSPS) is 12.3. The molecule has 0 aliphatic heterocycles. The van der Waals surface area contributed by atoms with Crippen molar-refractivity contribution in [1.29, 1.82) is 0 Å². The largest absolute Gasteiger partial charge is 0.313 e. The van der Waals surface area contributed by atoms with Gasteiger partial charge in [-0.1, -0.05) is 73.2 Å². The summed E-state index contributed by atoms with van der Waals surface area (Å²) < 4.78 is 0. The number of likely N-dealkylation sites (N-methyl/N-ethyl adjacent to an activating group) is 1. The Labute approximate surface area is 128 Å². The highest BCUT2D eigenvalue weighted by Crippen LogP contribution is 2.30. The average molecular weight is 279 g/mol. The monoisotopic (exact) mass is 279 g/mol. The van der Waals surface area contributed by atoms with E-state index in [1.54, 1.807) is 0 Å². The summed E-state index contributed by atoms with van der Waals surface area (Å²) in [4.78, 5) is 0. The Morgan fingerprint density at radius 3 is 1.81 bits per heavy atom. The maximum atomic E-state index is 4.11. The zero-order chi connectivity index (χ0) is 15.1. The molecule has 110 valence electrons. The van der Waals surface area contributed by atoms with Crippen molar-refractivity contribution in [2.24, 2.45) is 0 Å². The van der Waals surface area contributed by atoms with Crippen molar-refractivity contribution in [2.75, 3.05) is 6.54 Å². The van der Waals surface area contributed by atoms with E-state index in [2.05, 4.69) is 86.4 Å². The zero-order valence-electron chi connectivity index (χ0n) is 13.0. The van der Waals surface area contributed by atoms with Gasteiger partial charge >= 0.3 is 0 Å². The molecule has 21 heavy (non-hydrogen) atoms. The maximum Gasteiger partial charge on any atom is 0.0246 e. The van der Waals surface area contributed by atoms with Crippen LogP contribution in [0.1, 0.15) is 37.3 Å². The van der Waals surface area contributed by atoms with E-state index in [9.17, 15) is 0 Å². The Hall–Kier alpha value is -1.86. The highest BCUT2D eigenvalue weighted by atomic mass is 14.9. The number of nitrogens with one attached hydrogen (secondary N) is 1. The van der Waals surface area contributed by atoms with E-state index in [0.717, 1.165) is 13.0 Å². The first-order chi connectivity index (χ1) is 10.2. The van der Waals surface area contributed by atoms with Crippen LogP contribution >= 0.6 is 0 Å². The van der Waals surface area contributed by atoms with Crippen molar-refractivity contribution in [2.45, 2.75) is 32.2 Å². The smallest absolute Gasteiger partial charge is 0.0246 e. The summed E-state index contributed by atoms with van der Waals surface area (Å²) >= 11 is 0. The van der Waals surface area contributed by atoms with Crippen molar-refractivity contribution in [3.63, 3.8) is 0 Å². The minimum absolute atomic E-state index is 0.351. The van der Waals surface area contributed by atoms with E-state index >= 15 is 0 Å². The van der Waals surface area contributed by atoms with Crippen LogP contribution in [0.15, 0.2) is 72.8 Å². The number of hydrogen-bond donors (Lipinski definition) is 1. The molecule has 0 bridgehead atoms. The minimum atomic E-state index is 0.351. The average Bonchev–Trinajstić information content (AvgIpc) is 2.49. The first kappa shape index (κ1) is 15.5. The van der Waals surface area contributed by atoms with Crippen LogP contribution in [-0.4, -0.2) is 12.6 Å². The first-order valence-corrected chi connectivity index (χ1v) is 7.70. The predicted molar refractivity (Wildman–Crippen MR) is 91.6 cm³/mol. The zero-order valence-corrected chi connectivity index (χ0v) is 13.0. The molecule has 2 rings (SSSR count). The predicted octanol–water partition coefficient (Wildman–Crippen LogP) is 4.76. The molecule has 0 heterocycles. The second-order valence-corrected chi connectivity index (χ2v) is 5.62. The van der Waals surface area contributed by atoms with Crippen molar-refractivity contribution >= 4 is 0 Å². The van der Waals surface area contributed by atoms with Crippen LogP contribution in [0, 0.1) is 0 Å².